The molecule has 4 rings (SSSR count). The molecule has 0 aliphatic rings. The minimum Gasteiger partial charge on any atom is -0.329 e. The van der Waals surface area contributed by atoms with E-state index in [1.165, 1.54) is 22.9 Å². The van der Waals surface area contributed by atoms with Gasteiger partial charge >= 0.3 is 0 Å². The van der Waals surface area contributed by atoms with Gasteiger partial charge in [0.05, 0.1) is 5.75 Å². The molecule has 0 atom stereocenters. The third-order valence-corrected chi connectivity index (χ3v) is 6.77. The standard InChI is InChI=1S/C22H22N6OS2/c1-15-4-7-18(12-16(15)2)28-14-24-26-22(28)30-13-20(29)25-17-5-8-19(9-6-17)31-21-23-10-11-27(21)3/h4-12,14H,13H2,1-3H3,(H,25,29). The molecule has 1 amide bonds. The molecule has 2 aromatic carbocycles. The zero-order valence-electron chi connectivity index (χ0n) is 17.4. The van der Waals surface area contributed by atoms with Gasteiger partial charge in [-0.15, -0.1) is 10.2 Å². The highest BCUT2D eigenvalue weighted by Crippen LogP contribution is 2.27. The van der Waals surface area contributed by atoms with Crippen molar-refractivity contribution in [1.82, 2.24) is 24.3 Å². The molecule has 31 heavy (non-hydrogen) atoms. The number of carbonyl (C=O) groups is 1. The molecule has 0 saturated carbocycles. The molecular formula is C22H22N6OS2. The molecule has 2 aromatic heterocycles. The summed E-state index contributed by atoms with van der Waals surface area (Å²) in [4.78, 5) is 17.8. The summed E-state index contributed by atoms with van der Waals surface area (Å²) < 4.78 is 3.86. The van der Waals surface area contributed by atoms with E-state index in [4.69, 9.17) is 0 Å². The molecule has 2 heterocycles. The number of imidazole rings is 1. The molecule has 0 aliphatic heterocycles. The molecule has 0 bridgehead atoms. The molecule has 4 aromatic rings. The van der Waals surface area contributed by atoms with Crippen molar-refractivity contribution in [3.63, 3.8) is 0 Å². The summed E-state index contributed by atoms with van der Waals surface area (Å²) in [6, 6.07) is 13.9. The number of rotatable bonds is 7. The molecule has 0 fully saturated rings. The summed E-state index contributed by atoms with van der Waals surface area (Å²) in [6.07, 6.45) is 5.35. The van der Waals surface area contributed by atoms with Gasteiger partial charge in [-0.2, -0.15) is 0 Å². The van der Waals surface area contributed by atoms with E-state index in [0.29, 0.717) is 5.16 Å². The first-order valence-corrected chi connectivity index (χ1v) is 11.5. The molecule has 0 saturated heterocycles. The van der Waals surface area contributed by atoms with Crippen molar-refractivity contribution >= 4 is 35.1 Å². The van der Waals surface area contributed by atoms with E-state index in [1.54, 1.807) is 24.3 Å². The number of aromatic nitrogens is 5. The van der Waals surface area contributed by atoms with Crippen molar-refractivity contribution in [3.8, 4) is 5.69 Å². The second-order valence-electron chi connectivity index (χ2n) is 7.04. The summed E-state index contributed by atoms with van der Waals surface area (Å²) in [5.74, 6) is 0.150. The lowest BCUT2D eigenvalue weighted by atomic mass is 10.1. The normalized spacial score (nSPS) is 10.9. The Kier molecular flexibility index (Phi) is 6.43. The van der Waals surface area contributed by atoms with Crippen LogP contribution in [-0.4, -0.2) is 36.0 Å². The van der Waals surface area contributed by atoms with Gasteiger partial charge in [-0.05, 0) is 61.4 Å². The SMILES string of the molecule is Cc1ccc(-n2cnnc2SCC(=O)Nc2ccc(Sc3nccn3C)cc2)cc1C. The van der Waals surface area contributed by atoms with E-state index >= 15 is 0 Å². The lowest BCUT2D eigenvalue weighted by molar-refractivity contribution is -0.113. The van der Waals surface area contributed by atoms with Crippen LogP contribution in [0.3, 0.4) is 0 Å². The van der Waals surface area contributed by atoms with Gasteiger partial charge in [-0.3, -0.25) is 9.36 Å². The minimum absolute atomic E-state index is 0.0934. The van der Waals surface area contributed by atoms with Gasteiger partial charge < -0.3 is 9.88 Å². The van der Waals surface area contributed by atoms with Crippen molar-refractivity contribution in [2.75, 3.05) is 11.1 Å². The fourth-order valence-electron chi connectivity index (χ4n) is 2.86. The second kappa shape index (κ2) is 9.40. The van der Waals surface area contributed by atoms with Crippen molar-refractivity contribution in [1.29, 1.82) is 0 Å². The number of nitrogens with one attached hydrogen (secondary N) is 1. The third kappa shape index (κ3) is 5.18. The van der Waals surface area contributed by atoms with Crippen LogP contribution in [0.4, 0.5) is 5.69 Å². The lowest BCUT2D eigenvalue weighted by Crippen LogP contribution is -2.14. The molecule has 0 radical (unpaired) electrons. The monoisotopic (exact) mass is 450 g/mol. The number of benzene rings is 2. The third-order valence-electron chi connectivity index (χ3n) is 4.74. The summed E-state index contributed by atoms with van der Waals surface area (Å²) >= 11 is 2.93. The van der Waals surface area contributed by atoms with Gasteiger partial charge in [0.25, 0.3) is 0 Å². The van der Waals surface area contributed by atoms with Crippen LogP contribution in [0, 0.1) is 13.8 Å². The zero-order chi connectivity index (χ0) is 21.8. The molecule has 1 N–H and O–H groups in total. The van der Waals surface area contributed by atoms with Crippen LogP contribution in [0.1, 0.15) is 11.1 Å². The van der Waals surface area contributed by atoms with E-state index in [-0.39, 0.29) is 11.7 Å². The Morgan fingerprint density at radius 3 is 2.58 bits per heavy atom. The van der Waals surface area contributed by atoms with Crippen LogP contribution in [0.2, 0.25) is 0 Å². The van der Waals surface area contributed by atoms with E-state index in [1.807, 2.05) is 52.7 Å². The number of aryl methyl sites for hydroxylation is 3. The quantitative estimate of drug-likeness (QED) is 0.418. The highest BCUT2D eigenvalue weighted by molar-refractivity contribution is 7.99. The van der Waals surface area contributed by atoms with Crippen molar-refractivity contribution in [3.05, 3.63) is 72.3 Å². The summed E-state index contributed by atoms with van der Waals surface area (Å²) in [5, 5.41) is 12.7. The maximum Gasteiger partial charge on any atom is 0.234 e. The fraction of sp³-hybridized carbons (Fsp3) is 0.182. The van der Waals surface area contributed by atoms with Gasteiger partial charge in [0.15, 0.2) is 10.3 Å². The number of anilines is 1. The number of amides is 1. The zero-order valence-corrected chi connectivity index (χ0v) is 19.1. The molecule has 7 nitrogen and oxygen atoms in total. The molecule has 0 aliphatic carbocycles. The number of hydrogen-bond donors (Lipinski definition) is 1. The molecule has 9 heteroatoms. The van der Waals surface area contributed by atoms with Crippen LogP contribution in [0.15, 0.2) is 76.4 Å². The first kappa shape index (κ1) is 21.2. The average Bonchev–Trinajstić information content (AvgIpc) is 3.39. The predicted octanol–water partition coefficient (Wildman–Crippen LogP) is 4.50. The Bertz CT molecular complexity index is 1200. The van der Waals surface area contributed by atoms with Crippen molar-refractivity contribution < 1.29 is 4.79 Å². The average molecular weight is 451 g/mol. The van der Waals surface area contributed by atoms with E-state index in [0.717, 1.165) is 21.4 Å². The molecular weight excluding hydrogens is 428 g/mol. The summed E-state index contributed by atoms with van der Waals surface area (Å²) in [7, 11) is 1.96. The highest BCUT2D eigenvalue weighted by Gasteiger charge is 2.11. The molecule has 0 unspecified atom stereocenters. The van der Waals surface area contributed by atoms with Gasteiger partial charge in [0, 0.05) is 35.7 Å². The first-order chi connectivity index (χ1) is 15.0. The topological polar surface area (TPSA) is 77.6 Å². The Morgan fingerprint density at radius 1 is 1.06 bits per heavy atom. The van der Waals surface area contributed by atoms with Crippen LogP contribution in [0.25, 0.3) is 5.69 Å². The maximum absolute atomic E-state index is 12.4. The van der Waals surface area contributed by atoms with Gasteiger partial charge in [0.2, 0.25) is 5.91 Å². The highest BCUT2D eigenvalue weighted by atomic mass is 32.2. The Labute approximate surface area is 189 Å². The van der Waals surface area contributed by atoms with Crippen molar-refractivity contribution in [2.24, 2.45) is 7.05 Å². The van der Waals surface area contributed by atoms with Gasteiger partial charge in [0.1, 0.15) is 6.33 Å². The number of nitrogens with zero attached hydrogens (tertiary/aromatic N) is 5. The summed E-state index contributed by atoms with van der Waals surface area (Å²) in [6.45, 7) is 4.15. The Hall–Kier alpha value is -3.04. The van der Waals surface area contributed by atoms with Crippen LogP contribution >= 0.6 is 23.5 Å². The fourth-order valence-corrected chi connectivity index (χ4v) is 4.39. The number of thioether (sulfide) groups is 1. The number of hydrogen-bond acceptors (Lipinski definition) is 6. The Morgan fingerprint density at radius 2 is 1.87 bits per heavy atom. The van der Waals surface area contributed by atoms with Crippen LogP contribution in [-0.2, 0) is 11.8 Å². The smallest absolute Gasteiger partial charge is 0.234 e. The lowest BCUT2D eigenvalue weighted by Gasteiger charge is -2.09. The Balaban J connectivity index is 1.34. The minimum atomic E-state index is -0.0934. The molecule has 0 spiro atoms. The van der Waals surface area contributed by atoms with Crippen LogP contribution < -0.4 is 5.32 Å². The maximum atomic E-state index is 12.4. The van der Waals surface area contributed by atoms with Gasteiger partial charge in [-0.25, -0.2) is 4.98 Å². The van der Waals surface area contributed by atoms with E-state index in [9.17, 15) is 4.79 Å². The van der Waals surface area contributed by atoms with E-state index in [2.05, 4.69) is 46.5 Å². The second-order valence-corrected chi connectivity index (χ2v) is 9.02. The van der Waals surface area contributed by atoms with Crippen molar-refractivity contribution in [2.45, 2.75) is 29.1 Å². The predicted molar refractivity (Wildman–Crippen MR) is 124 cm³/mol. The largest absolute Gasteiger partial charge is 0.329 e. The van der Waals surface area contributed by atoms with Crippen LogP contribution in [0.5, 0.6) is 0 Å². The number of carbonyl (C=O) groups excluding carboxylic acids is 1. The summed E-state index contributed by atoms with van der Waals surface area (Å²) in [5.41, 5.74) is 4.17. The molecule has 158 valence electrons. The first-order valence-electron chi connectivity index (χ1n) is 9.65. The van der Waals surface area contributed by atoms with E-state index < -0.39 is 0 Å². The van der Waals surface area contributed by atoms with Gasteiger partial charge in [-0.1, -0.05) is 29.6 Å².